The molecule has 0 aromatic heterocycles. The van der Waals surface area contributed by atoms with Gasteiger partial charge in [0.25, 0.3) is 0 Å². The Hall–Kier alpha value is -0.600. The van der Waals surface area contributed by atoms with Gasteiger partial charge in [-0.3, -0.25) is 0 Å². The molecule has 0 amide bonds. The molecule has 0 saturated heterocycles. The molecule has 1 aliphatic rings. The molecule has 17 heavy (non-hydrogen) atoms. The maximum absolute atomic E-state index is 10.1. The van der Waals surface area contributed by atoms with Gasteiger partial charge in [-0.15, -0.1) is 0 Å². The molecule has 98 valence electrons. The van der Waals surface area contributed by atoms with Crippen LogP contribution in [0, 0.1) is 11.8 Å². The predicted molar refractivity (Wildman–Crippen MR) is 71.7 cm³/mol. The summed E-state index contributed by atoms with van der Waals surface area (Å²) < 4.78 is 0. The summed E-state index contributed by atoms with van der Waals surface area (Å²) in [5, 5.41) is 20.1. The van der Waals surface area contributed by atoms with Crippen LogP contribution in [0.1, 0.15) is 47.0 Å². The zero-order chi connectivity index (χ0) is 13.1. The lowest BCUT2D eigenvalue weighted by atomic mass is 9.83. The second-order valence-corrected chi connectivity index (χ2v) is 5.90. The molecule has 0 bridgehead atoms. The topological polar surface area (TPSA) is 40.5 Å². The van der Waals surface area contributed by atoms with E-state index in [4.69, 9.17) is 0 Å². The Balaban J connectivity index is 2.85. The van der Waals surface area contributed by atoms with Crippen molar-refractivity contribution in [3.8, 4) is 0 Å². The first kappa shape index (κ1) is 14.5. The molecule has 0 heterocycles. The summed E-state index contributed by atoms with van der Waals surface area (Å²) in [7, 11) is 0. The average Bonchev–Trinajstić information content (AvgIpc) is 2.22. The van der Waals surface area contributed by atoms with Crippen molar-refractivity contribution in [3.63, 3.8) is 0 Å². The fourth-order valence-electron chi connectivity index (χ4n) is 2.14. The third kappa shape index (κ3) is 4.64. The van der Waals surface area contributed by atoms with Crippen LogP contribution in [0.2, 0.25) is 0 Å². The van der Waals surface area contributed by atoms with Crippen LogP contribution in [0.15, 0.2) is 23.8 Å². The molecule has 0 radical (unpaired) electrons. The summed E-state index contributed by atoms with van der Waals surface area (Å²) in [5.41, 5.74) is 0.612. The van der Waals surface area contributed by atoms with Gasteiger partial charge in [0, 0.05) is 11.8 Å². The van der Waals surface area contributed by atoms with E-state index in [0.717, 1.165) is 19.3 Å². The van der Waals surface area contributed by atoms with E-state index < -0.39 is 5.60 Å². The van der Waals surface area contributed by atoms with Crippen molar-refractivity contribution in [1.29, 1.82) is 0 Å². The summed E-state index contributed by atoms with van der Waals surface area (Å²) in [5.74, 6) is 0.292. The zero-order valence-corrected chi connectivity index (χ0v) is 11.5. The van der Waals surface area contributed by atoms with Gasteiger partial charge in [-0.05, 0) is 40.0 Å². The molecule has 0 fully saturated rings. The van der Waals surface area contributed by atoms with Crippen molar-refractivity contribution in [2.24, 2.45) is 11.8 Å². The Morgan fingerprint density at radius 3 is 2.53 bits per heavy atom. The molecule has 3 atom stereocenters. The lowest BCUT2D eigenvalue weighted by Gasteiger charge is -2.28. The van der Waals surface area contributed by atoms with Crippen LogP contribution in [0.25, 0.3) is 0 Å². The molecular weight excluding hydrogens is 212 g/mol. The van der Waals surface area contributed by atoms with Gasteiger partial charge in [0.05, 0.1) is 11.7 Å². The largest absolute Gasteiger partial charge is 0.392 e. The summed E-state index contributed by atoms with van der Waals surface area (Å²) >= 11 is 0. The van der Waals surface area contributed by atoms with Gasteiger partial charge in [-0.1, -0.05) is 30.7 Å². The minimum Gasteiger partial charge on any atom is -0.392 e. The van der Waals surface area contributed by atoms with Crippen LogP contribution >= 0.6 is 0 Å². The van der Waals surface area contributed by atoms with Crippen LogP contribution in [-0.2, 0) is 0 Å². The van der Waals surface area contributed by atoms with E-state index >= 15 is 0 Å². The zero-order valence-electron chi connectivity index (χ0n) is 11.5. The first-order chi connectivity index (χ1) is 7.80. The second kappa shape index (κ2) is 5.83. The fraction of sp³-hybridized carbons (Fsp3) is 0.733. The Morgan fingerprint density at radius 2 is 1.94 bits per heavy atom. The van der Waals surface area contributed by atoms with Crippen LogP contribution in [-0.4, -0.2) is 21.9 Å². The lowest BCUT2D eigenvalue weighted by molar-refractivity contribution is 0.0331. The van der Waals surface area contributed by atoms with Crippen molar-refractivity contribution in [2.45, 2.75) is 58.7 Å². The average molecular weight is 238 g/mol. The highest BCUT2D eigenvalue weighted by molar-refractivity contribution is 5.06. The summed E-state index contributed by atoms with van der Waals surface area (Å²) in [4.78, 5) is 0. The maximum atomic E-state index is 10.1. The molecule has 1 aliphatic carbocycles. The fourth-order valence-corrected chi connectivity index (χ4v) is 2.14. The highest BCUT2D eigenvalue weighted by atomic mass is 16.3. The van der Waals surface area contributed by atoms with E-state index in [-0.39, 0.29) is 17.9 Å². The molecule has 2 N–H and O–H groups in total. The number of rotatable bonds is 1. The van der Waals surface area contributed by atoms with E-state index in [1.165, 1.54) is 5.57 Å². The molecule has 2 heteroatoms. The number of allylic oxidation sites excluding steroid dienone is 1. The SMILES string of the molecule is C/C1=C\C[C@H](O)[C@H](C)/C=C/[C@H](C(C)(C)O)CC1. The molecule has 1 rings (SSSR count). The Labute approximate surface area is 105 Å². The molecular formula is C15H26O2. The summed E-state index contributed by atoms with van der Waals surface area (Å²) in [6, 6.07) is 0. The molecule has 0 unspecified atom stereocenters. The molecule has 0 aromatic rings. The van der Waals surface area contributed by atoms with Crippen molar-refractivity contribution < 1.29 is 10.2 Å². The van der Waals surface area contributed by atoms with Gasteiger partial charge >= 0.3 is 0 Å². The molecule has 2 nitrogen and oxygen atoms in total. The van der Waals surface area contributed by atoms with Crippen molar-refractivity contribution >= 4 is 0 Å². The normalized spacial score (nSPS) is 37.1. The Kier molecular flexibility index (Phi) is 4.96. The summed E-state index contributed by atoms with van der Waals surface area (Å²) in [6.07, 6.45) is 8.60. The third-order valence-corrected chi connectivity index (χ3v) is 3.72. The van der Waals surface area contributed by atoms with E-state index in [1.807, 2.05) is 26.8 Å². The van der Waals surface area contributed by atoms with E-state index in [2.05, 4.69) is 19.1 Å². The standard InChI is InChI=1S/C15H26O2/c1-11-5-8-13(15(3,4)17)9-7-12(2)14(16)10-6-11/h6-7,9,12-14,16-17H,5,8,10H2,1-4H3/b9-7+,11-6+/t12-,13-,14+/m1/s1. The second-order valence-electron chi connectivity index (χ2n) is 5.90. The highest BCUT2D eigenvalue weighted by Crippen LogP contribution is 2.27. The van der Waals surface area contributed by atoms with Crippen molar-refractivity contribution in [1.82, 2.24) is 0 Å². The van der Waals surface area contributed by atoms with Gasteiger partial charge in [-0.25, -0.2) is 0 Å². The Bertz CT molecular complexity index is 297. The minimum atomic E-state index is -0.694. The van der Waals surface area contributed by atoms with Crippen LogP contribution in [0.4, 0.5) is 0 Å². The number of aliphatic hydroxyl groups is 2. The lowest BCUT2D eigenvalue weighted by Crippen LogP contribution is -2.30. The third-order valence-electron chi connectivity index (χ3n) is 3.72. The van der Waals surface area contributed by atoms with E-state index in [0.29, 0.717) is 0 Å². The number of hydrogen-bond acceptors (Lipinski definition) is 2. The van der Waals surface area contributed by atoms with Gasteiger partial charge in [0.1, 0.15) is 0 Å². The van der Waals surface area contributed by atoms with Gasteiger partial charge in [0.2, 0.25) is 0 Å². The quantitative estimate of drug-likeness (QED) is 0.689. The molecule has 0 spiro atoms. The molecule has 0 saturated carbocycles. The van der Waals surface area contributed by atoms with Gasteiger partial charge in [0.15, 0.2) is 0 Å². The highest BCUT2D eigenvalue weighted by Gasteiger charge is 2.25. The first-order valence-electron chi connectivity index (χ1n) is 6.55. The Morgan fingerprint density at radius 1 is 1.29 bits per heavy atom. The summed E-state index contributed by atoms with van der Waals surface area (Å²) in [6.45, 7) is 7.83. The monoisotopic (exact) mass is 238 g/mol. The first-order valence-corrected chi connectivity index (χ1v) is 6.55. The minimum absolute atomic E-state index is 0.141. The number of aliphatic hydroxyl groups excluding tert-OH is 1. The smallest absolute Gasteiger partial charge is 0.0654 e. The van der Waals surface area contributed by atoms with E-state index in [9.17, 15) is 10.2 Å². The van der Waals surface area contributed by atoms with E-state index in [1.54, 1.807) is 0 Å². The maximum Gasteiger partial charge on any atom is 0.0654 e. The van der Waals surface area contributed by atoms with Crippen molar-refractivity contribution in [3.05, 3.63) is 23.8 Å². The van der Waals surface area contributed by atoms with Crippen LogP contribution < -0.4 is 0 Å². The molecule has 0 aliphatic heterocycles. The van der Waals surface area contributed by atoms with Crippen LogP contribution in [0.3, 0.4) is 0 Å². The molecule has 0 aromatic carbocycles. The van der Waals surface area contributed by atoms with Gasteiger partial charge < -0.3 is 10.2 Å². The van der Waals surface area contributed by atoms with Crippen molar-refractivity contribution in [2.75, 3.05) is 0 Å². The number of hydrogen-bond donors (Lipinski definition) is 2. The predicted octanol–water partition coefficient (Wildman–Crippen LogP) is 3.06. The van der Waals surface area contributed by atoms with Gasteiger partial charge in [-0.2, -0.15) is 0 Å². The van der Waals surface area contributed by atoms with Crippen LogP contribution in [0.5, 0.6) is 0 Å².